The Kier molecular flexibility index (Phi) is 5.26. The summed E-state index contributed by atoms with van der Waals surface area (Å²) in [4.78, 5) is 0. The monoisotopic (exact) mass is 365 g/mol. The van der Waals surface area contributed by atoms with Gasteiger partial charge in [-0.05, 0) is 74.3 Å². The SMILES string of the molecule is C[C]1CCC(c2cc(F)c(C(F)(F)Oc3ccc(C)cc3)c(F)c2)CC1. The number of ether oxygens (including phenoxy) is 1. The molecule has 1 saturated carbocycles. The lowest BCUT2D eigenvalue weighted by Crippen LogP contribution is -2.25. The molecule has 0 bridgehead atoms. The number of hydrogen-bond acceptors (Lipinski definition) is 1. The van der Waals surface area contributed by atoms with Crippen molar-refractivity contribution in [3.63, 3.8) is 0 Å². The molecular weight excluding hydrogens is 344 g/mol. The zero-order valence-corrected chi connectivity index (χ0v) is 14.8. The fourth-order valence-corrected chi connectivity index (χ4v) is 3.36. The molecular formula is C21H21F4O. The Labute approximate surface area is 151 Å². The maximum absolute atomic E-state index is 14.4. The Morgan fingerprint density at radius 2 is 1.46 bits per heavy atom. The molecule has 139 valence electrons. The van der Waals surface area contributed by atoms with Gasteiger partial charge in [-0.15, -0.1) is 0 Å². The number of benzene rings is 2. The normalized spacial score (nSPS) is 16.7. The van der Waals surface area contributed by atoms with Crippen molar-refractivity contribution in [1.82, 2.24) is 0 Å². The van der Waals surface area contributed by atoms with E-state index < -0.39 is 23.3 Å². The Hall–Kier alpha value is -2.04. The van der Waals surface area contributed by atoms with Crippen LogP contribution in [0.3, 0.4) is 0 Å². The number of aryl methyl sites for hydroxylation is 1. The summed E-state index contributed by atoms with van der Waals surface area (Å²) in [5, 5.41) is 0. The first kappa shape index (κ1) is 18.7. The van der Waals surface area contributed by atoms with E-state index in [9.17, 15) is 17.6 Å². The second kappa shape index (κ2) is 7.29. The third-order valence-electron chi connectivity index (χ3n) is 4.93. The fourth-order valence-electron chi connectivity index (χ4n) is 3.36. The van der Waals surface area contributed by atoms with Crippen molar-refractivity contribution in [3.05, 3.63) is 70.6 Å². The van der Waals surface area contributed by atoms with Gasteiger partial charge in [-0.1, -0.05) is 24.6 Å². The lowest BCUT2D eigenvalue weighted by Gasteiger charge is -2.27. The van der Waals surface area contributed by atoms with Crippen LogP contribution in [-0.2, 0) is 6.11 Å². The van der Waals surface area contributed by atoms with Crippen molar-refractivity contribution in [3.8, 4) is 5.75 Å². The summed E-state index contributed by atoms with van der Waals surface area (Å²) in [6.07, 6.45) is -0.760. The van der Waals surface area contributed by atoms with E-state index in [0.29, 0.717) is 5.56 Å². The van der Waals surface area contributed by atoms with E-state index in [1.165, 1.54) is 18.1 Å². The van der Waals surface area contributed by atoms with Gasteiger partial charge in [0.15, 0.2) is 0 Å². The first-order chi connectivity index (χ1) is 12.3. The van der Waals surface area contributed by atoms with Crippen LogP contribution in [0.25, 0.3) is 0 Å². The van der Waals surface area contributed by atoms with Gasteiger partial charge in [0.2, 0.25) is 0 Å². The summed E-state index contributed by atoms with van der Waals surface area (Å²) in [5.41, 5.74) is -0.0508. The molecule has 0 heterocycles. The van der Waals surface area contributed by atoms with Crippen molar-refractivity contribution in [2.75, 3.05) is 0 Å². The van der Waals surface area contributed by atoms with Crippen LogP contribution >= 0.6 is 0 Å². The van der Waals surface area contributed by atoms with E-state index >= 15 is 0 Å². The Bertz CT molecular complexity index is 739. The Morgan fingerprint density at radius 3 is 2.00 bits per heavy atom. The van der Waals surface area contributed by atoms with Crippen molar-refractivity contribution >= 4 is 0 Å². The standard InChI is InChI=1S/C21H21F4O/c1-13-3-7-15(8-4-13)16-11-18(22)20(19(23)12-16)21(24,25)26-17-9-5-14(2)6-10-17/h5-6,9-12,15H,3-4,7-8H2,1-2H3. The predicted octanol–water partition coefficient (Wildman–Crippen LogP) is 6.65. The Morgan fingerprint density at radius 1 is 0.923 bits per heavy atom. The molecule has 0 saturated heterocycles. The van der Waals surface area contributed by atoms with Crippen LogP contribution in [0.5, 0.6) is 5.75 Å². The first-order valence-electron chi connectivity index (χ1n) is 8.70. The molecule has 0 aromatic heterocycles. The smallest absolute Gasteiger partial charge is 0.429 e. The third kappa shape index (κ3) is 4.02. The molecule has 0 unspecified atom stereocenters. The zero-order valence-electron chi connectivity index (χ0n) is 14.8. The third-order valence-corrected chi connectivity index (χ3v) is 4.93. The van der Waals surface area contributed by atoms with Crippen molar-refractivity contribution < 1.29 is 22.3 Å². The van der Waals surface area contributed by atoms with Crippen LogP contribution in [0.2, 0.25) is 0 Å². The lowest BCUT2D eigenvalue weighted by molar-refractivity contribution is -0.189. The second-order valence-electron chi connectivity index (χ2n) is 7.02. The van der Waals surface area contributed by atoms with E-state index in [4.69, 9.17) is 0 Å². The summed E-state index contributed by atoms with van der Waals surface area (Å²) < 4.78 is 62.2. The van der Waals surface area contributed by atoms with E-state index in [1.54, 1.807) is 19.1 Å². The lowest BCUT2D eigenvalue weighted by atomic mass is 9.79. The topological polar surface area (TPSA) is 9.23 Å². The molecule has 0 aliphatic heterocycles. The highest BCUT2D eigenvalue weighted by atomic mass is 19.3. The van der Waals surface area contributed by atoms with E-state index in [2.05, 4.69) is 11.7 Å². The van der Waals surface area contributed by atoms with Gasteiger partial charge >= 0.3 is 6.11 Å². The number of rotatable bonds is 4. The number of alkyl halides is 2. The minimum absolute atomic E-state index is 0.0108. The van der Waals surface area contributed by atoms with Gasteiger partial charge in [0.25, 0.3) is 0 Å². The molecule has 1 aliphatic rings. The second-order valence-corrected chi connectivity index (χ2v) is 7.02. The van der Waals surface area contributed by atoms with Crippen LogP contribution < -0.4 is 4.74 Å². The molecule has 3 rings (SSSR count). The summed E-state index contributed by atoms with van der Waals surface area (Å²) in [5.74, 6) is -1.35. The highest BCUT2D eigenvalue weighted by Gasteiger charge is 2.41. The summed E-state index contributed by atoms with van der Waals surface area (Å²) in [6, 6.07) is 7.90. The van der Waals surface area contributed by atoms with Gasteiger partial charge in [-0.25, -0.2) is 8.78 Å². The van der Waals surface area contributed by atoms with Crippen LogP contribution in [-0.4, -0.2) is 0 Å². The molecule has 1 nitrogen and oxygen atoms in total. The molecule has 0 amide bonds. The summed E-state index contributed by atoms with van der Waals surface area (Å²) in [7, 11) is 0. The molecule has 5 heteroatoms. The molecule has 1 aliphatic carbocycles. The maximum Gasteiger partial charge on any atom is 0.432 e. The first-order valence-corrected chi connectivity index (χ1v) is 8.70. The quantitative estimate of drug-likeness (QED) is 0.551. The van der Waals surface area contributed by atoms with Crippen molar-refractivity contribution in [1.29, 1.82) is 0 Å². The number of hydrogen-bond donors (Lipinski definition) is 0. The largest absolute Gasteiger partial charge is 0.432 e. The average molecular weight is 365 g/mol. The molecule has 2 aromatic rings. The van der Waals surface area contributed by atoms with Crippen LogP contribution in [0.4, 0.5) is 17.6 Å². The van der Waals surface area contributed by atoms with Crippen molar-refractivity contribution in [2.24, 2.45) is 0 Å². The molecule has 0 spiro atoms. The number of halogens is 4. The van der Waals surface area contributed by atoms with E-state index in [0.717, 1.165) is 43.4 Å². The summed E-state index contributed by atoms with van der Waals surface area (Å²) in [6.45, 7) is 3.86. The van der Waals surface area contributed by atoms with Gasteiger partial charge in [0, 0.05) is 0 Å². The fraction of sp³-hybridized carbons (Fsp3) is 0.381. The molecule has 26 heavy (non-hydrogen) atoms. The van der Waals surface area contributed by atoms with Gasteiger partial charge < -0.3 is 4.74 Å². The molecule has 0 atom stereocenters. The molecule has 0 N–H and O–H groups in total. The average Bonchev–Trinajstić information content (AvgIpc) is 2.56. The van der Waals surface area contributed by atoms with E-state index in [1.807, 2.05) is 0 Å². The molecule has 1 fully saturated rings. The summed E-state index contributed by atoms with van der Waals surface area (Å²) >= 11 is 0. The highest BCUT2D eigenvalue weighted by Crippen LogP contribution is 2.40. The van der Waals surface area contributed by atoms with Crippen LogP contribution in [0.1, 0.15) is 55.2 Å². The van der Waals surface area contributed by atoms with Crippen LogP contribution in [0, 0.1) is 24.5 Å². The van der Waals surface area contributed by atoms with E-state index in [-0.39, 0.29) is 11.7 Å². The van der Waals surface area contributed by atoms with Crippen molar-refractivity contribution in [2.45, 2.75) is 51.6 Å². The molecule has 2 aromatic carbocycles. The maximum atomic E-state index is 14.4. The highest BCUT2D eigenvalue weighted by molar-refractivity contribution is 5.33. The van der Waals surface area contributed by atoms with Gasteiger partial charge in [-0.3, -0.25) is 0 Å². The molecule has 1 radical (unpaired) electrons. The van der Waals surface area contributed by atoms with Gasteiger partial charge in [-0.2, -0.15) is 8.78 Å². The van der Waals surface area contributed by atoms with Gasteiger partial charge in [0.05, 0.1) is 0 Å². The Balaban J connectivity index is 1.86. The minimum atomic E-state index is -4.10. The zero-order chi connectivity index (χ0) is 18.9. The van der Waals surface area contributed by atoms with Crippen LogP contribution in [0.15, 0.2) is 36.4 Å². The predicted molar refractivity (Wildman–Crippen MR) is 92.2 cm³/mol. The van der Waals surface area contributed by atoms with Gasteiger partial charge in [0.1, 0.15) is 22.9 Å². The minimum Gasteiger partial charge on any atom is -0.429 e.